The quantitative estimate of drug-likeness (QED) is 0.710. The largest absolute Gasteiger partial charge is 0.375 e. The number of carbonyl (C=O) groups excluding carboxylic acids is 1. The number of nitrogens with zero attached hydrogens (tertiary/aromatic N) is 1. The molecule has 2 N–H and O–H groups in total. The Hall–Kier alpha value is -1.65. The summed E-state index contributed by atoms with van der Waals surface area (Å²) in [5, 5.41) is 14.8. The Morgan fingerprint density at radius 3 is 2.43 bits per heavy atom. The molecule has 1 aliphatic heterocycles. The lowest BCUT2D eigenvalue weighted by atomic mass is 9.79. The fourth-order valence-corrected chi connectivity index (χ4v) is 5.40. The molecule has 4 nitrogen and oxygen atoms in total. The van der Waals surface area contributed by atoms with Gasteiger partial charge in [0.25, 0.3) is 5.91 Å². The second kappa shape index (κ2) is 8.00. The Morgan fingerprint density at radius 1 is 1.18 bits per heavy atom. The number of benzene rings is 1. The van der Waals surface area contributed by atoms with Crippen molar-refractivity contribution in [2.24, 2.45) is 17.8 Å². The molecule has 1 unspecified atom stereocenters. The van der Waals surface area contributed by atoms with E-state index < -0.39 is 5.60 Å². The van der Waals surface area contributed by atoms with Crippen molar-refractivity contribution in [1.82, 2.24) is 10.2 Å². The van der Waals surface area contributed by atoms with E-state index in [0.29, 0.717) is 11.8 Å². The van der Waals surface area contributed by atoms with E-state index in [2.05, 4.69) is 30.1 Å². The summed E-state index contributed by atoms with van der Waals surface area (Å²) < 4.78 is 0. The van der Waals surface area contributed by atoms with E-state index in [-0.39, 0.29) is 17.9 Å². The summed E-state index contributed by atoms with van der Waals surface area (Å²) in [6, 6.07) is 9.81. The highest BCUT2D eigenvalue weighted by Crippen LogP contribution is 2.47. The van der Waals surface area contributed by atoms with Crippen molar-refractivity contribution < 1.29 is 9.90 Å². The number of allylic oxidation sites excluding steroid dienone is 1. The van der Waals surface area contributed by atoms with Crippen molar-refractivity contribution in [2.45, 2.75) is 57.6 Å². The van der Waals surface area contributed by atoms with Gasteiger partial charge in [-0.25, -0.2) is 0 Å². The number of hydrogen-bond donors (Lipinski definition) is 2. The van der Waals surface area contributed by atoms with Crippen LogP contribution in [0.4, 0.5) is 0 Å². The number of fused-ring (bicyclic) bond motifs is 1. The molecule has 152 valence electrons. The molecule has 4 heteroatoms. The van der Waals surface area contributed by atoms with Gasteiger partial charge in [-0.05, 0) is 50.5 Å². The van der Waals surface area contributed by atoms with Gasteiger partial charge in [0.2, 0.25) is 0 Å². The fraction of sp³-hybridized carbons (Fsp3) is 0.625. The first-order valence-corrected chi connectivity index (χ1v) is 10.9. The minimum Gasteiger partial charge on any atom is -0.375 e. The highest BCUT2D eigenvalue weighted by molar-refractivity contribution is 5.87. The summed E-state index contributed by atoms with van der Waals surface area (Å²) in [6.45, 7) is 7.53. The second-order valence-electron chi connectivity index (χ2n) is 9.27. The zero-order chi connectivity index (χ0) is 19.7. The predicted molar refractivity (Wildman–Crippen MR) is 112 cm³/mol. The minimum absolute atomic E-state index is 0.0223. The van der Waals surface area contributed by atoms with Gasteiger partial charge in [-0.15, -0.1) is 0 Å². The third-order valence-electron chi connectivity index (χ3n) is 7.07. The summed E-state index contributed by atoms with van der Waals surface area (Å²) in [7, 11) is 0. The van der Waals surface area contributed by atoms with Crippen LogP contribution in [0.1, 0.15) is 51.5 Å². The Balaban J connectivity index is 1.37. The molecule has 0 aromatic heterocycles. The lowest BCUT2D eigenvalue weighted by molar-refractivity contribution is -0.147. The molecular formula is C24H34N2O2. The van der Waals surface area contributed by atoms with Crippen molar-refractivity contribution in [3.05, 3.63) is 47.5 Å². The van der Waals surface area contributed by atoms with E-state index >= 15 is 0 Å². The van der Waals surface area contributed by atoms with E-state index in [9.17, 15) is 9.90 Å². The molecule has 1 heterocycles. The van der Waals surface area contributed by atoms with E-state index in [0.717, 1.165) is 57.3 Å². The van der Waals surface area contributed by atoms with E-state index in [1.165, 1.54) is 5.57 Å². The second-order valence-corrected chi connectivity index (χ2v) is 9.27. The topological polar surface area (TPSA) is 52.6 Å². The first-order chi connectivity index (χ1) is 13.5. The molecule has 2 saturated carbocycles. The van der Waals surface area contributed by atoms with E-state index in [4.69, 9.17) is 0 Å². The Kier molecular flexibility index (Phi) is 5.62. The highest BCUT2D eigenvalue weighted by Gasteiger charge is 2.58. The Morgan fingerprint density at radius 2 is 1.82 bits per heavy atom. The highest BCUT2D eigenvalue weighted by atomic mass is 16.3. The van der Waals surface area contributed by atoms with Gasteiger partial charge in [-0.3, -0.25) is 4.79 Å². The van der Waals surface area contributed by atoms with Crippen LogP contribution in [0.25, 0.3) is 0 Å². The number of likely N-dealkylation sites (tertiary alicyclic amines) is 1. The number of nitrogens with one attached hydrogen (secondary N) is 1. The summed E-state index contributed by atoms with van der Waals surface area (Å²) >= 11 is 0. The van der Waals surface area contributed by atoms with Gasteiger partial charge in [0.05, 0.1) is 0 Å². The SMILES string of the molecule is CC(C)=CCCN1C[C@@H]2C(NC(=O)[C@@](O)(c3ccccc3)C3CCCC3)[C@@H]2C1. The van der Waals surface area contributed by atoms with Crippen LogP contribution in [0.5, 0.6) is 0 Å². The average Bonchev–Trinajstić information content (AvgIpc) is 3.11. The molecule has 4 atom stereocenters. The van der Waals surface area contributed by atoms with E-state index in [1.807, 2.05) is 30.3 Å². The van der Waals surface area contributed by atoms with Crippen molar-refractivity contribution in [3.8, 4) is 0 Å². The summed E-state index contributed by atoms with van der Waals surface area (Å²) in [4.78, 5) is 15.8. The summed E-state index contributed by atoms with van der Waals surface area (Å²) in [5.74, 6) is 0.952. The smallest absolute Gasteiger partial charge is 0.257 e. The number of piperidine rings is 1. The maximum atomic E-state index is 13.3. The van der Waals surface area contributed by atoms with Gasteiger partial charge in [0.1, 0.15) is 0 Å². The number of hydrogen-bond acceptors (Lipinski definition) is 3. The predicted octanol–water partition coefficient (Wildman–Crippen LogP) is 3.47. The molecule has 0 spiro atoms. The molecule has 1 aromatic carbocycles. The van der Waals surface area contributed by atoms with E-state index in [1.54, 1.807) is 0 Å². The number of rotatable bonds is 7. The van der Waals surface area contributed by atoms with Crippen LogP contribution >= 0.6 is 0 Å². The average molecular weight is 383 g/mol. The molecule has 1 aromatic rings. The molecule has 1 amide bonds. The number of carbonyl (C=O) groups is 1. The van der Waals surface area contributed by atoms with Crippen molar-refractivity contribution in [1.29, 1.82) is 0 Å². The molecule has 4 rings (SSSR count). The van der Waals surface area contributed by atoms with Crippen molar-refractivity contribution >= 4 is 5.91 Å². The standard InChI is InChI=1S/C24H34N2O2/c1-17(2)9-8-14-26-15-20-21(16-26)22(20)25-23(27)24(28,19-12-6-7-13-19)18-10-4-3-5-11-18/h3-5,9-11,19-22,28H,6-8,12-16H2,1-2H3,(H,25,27)/t20-,21+,22?,24-/m1/s1. The normalized spacial score (nSPS) is 29.2. The van der Waals surface area contributed by atoms with Crippen LogP contribution in [0.3, 0.4) is 0 Å². The fourth-order valence-electron chi connectivity index (χ4n) is 5.40. The minimum atomic E-state index is -1.39. The van der Waals surface area contributed by atoms with Gasteiger partial charge >= 0.3 is 0 Å². The third kappa shape index (κ3) is 3.77. The molecule has 28 heavy (non-hydrogen) atoms. The summed E-state index contributed by atoms with van der Waals surface area (Å²) in [6.07, 6.45) is 7.45. The monoisotopic (exact) mass is 382 g/mol. The van der Waals surface area contributed by atoms with Gasteiger partial charge in [0.15, 0.2) is 5.60 Å². The zero-order valence-electron chi connectivity index (χ0n) is 17.2. The van der Waals surface area contributed by atoms with Crippen LogP contribution in [-0.4, -0.2) is 41.6 Å². The van der Waals surface area contributed by atoms with Crippen LogP contribution in [0.15, 0.2) is 42.0 Å². The Labute approximate surface area is 169 Å². The Bertz CT molecular complexity index is 709. The van der Waals surface area contributed by atoms with Gasteiger partial charge < -0.3 is 15.3 Å². The number of amides is 1. The lowest BCUT2D eigenvalue weighted by Gasteiger charge is -2.33. The first-order valence-electron chi connectivity index (χ1n) is 10.9. The molecular weight excluding hydrogens is 348 g/mol. The molecule has 2 aliphatic carbocycles. The van der Waals surface area contributed by atoms with Gasteiger partial charge in [-0.2, -0.15) is 0 Å². The first kappa shape index (κ1) is 19.7. The molecule has 3 aliphatic rings. The third-order valence-corrected chi connectivity index (χ3v) is 7.07. The summed E-state index contributed by atoms with van der Waals surface area (Å²) in [5.41, 5.74) is 0.729. The maximum absolute atomic E-state index is 13.3. The van der Waals surface area contributed by atoms with Gasteiger partial charge in [0, 0.05) is 31.6 Å². The zero-order valence-corrected chi connectivity index (χ0v) is 17.2. The maximum Gasteiger partial charge on any atom is 0.257 e. The van der Waals surface area contributed by atoms with Crippen LogP contribution in [-0.2, 0) is 10.4 Å². The molecule has 1 saturated heterocycles. The number of aliphatic hydroxyl groups is 1. The molecule has 0 radical (unpaired) electrons. The van der Waals surface area contributed by atoms with Crippen LogP contribution in [0, 0.1) is 17.8 Å². The van der Waals surface area contributed by atoms with Crippen molar-refractivity contribution in [2.75, 3.05) is 19.6 Å². The lowest BCUT2D eigenvalue weighted by Crippen LogP contribution is -2.51. The van der Waals surface area contributed by atoms with Crippen LogP contribution in [0.2, 0.25) is 0 Å². The van der Waals surface area contributed by atoms with Crippen molar-refractivity contribution in [3.63, 3.8) is 0 Å². The van der Waals surface area contributed by atoms with Gasteiger partial charge in [-0.1, -0.05) is 54.8 Å². The molecule has 3 fully saturated rings. The molecule has 0 bridgehead atoms. The van der Waals surface area contributed by atoms with Crippen LogP contribution < -0.4 is 5.32 Å².